The molecular formula is C20H16Cl2N2O3. The van der Waals surface area contributed by atoms with E-state index in [2.05, 4.69) is 10.5 Å². The average molecular weight is 403 g/mol. The maximum Gasteiger partial charge on any atom is 0.437 e. The third-order valence-corrected chi connectivity index (χ3v) is 4.28. The van der Waals surface area contributed by atoms with Gasteiger partial charge < -0.3 is 4.74 Å². The Hall–Kier alpha value is -2.76. The molecule has 0 bridgehead atoms. The molecule has 3 rings (SSSR count). The average Bonchev–Trinajstić information content (AvgIpc) is 2.64. The minimum atomic E-state index is -0.738. The van der Waals surface area contributed by atoms with E-state index in [1.807, 2.05) is 36.4 Å². The lowest BCUT2D eigenvalue weighted by molar-refractivity contribution is 0.166. The molecule has 1 N–H and O–H groups in total. The molecule has 1 amide bonds. The summed E-state index contributed by atoms with van der Waals surface area (Å²) < 4.78 is 5.22. The van der Waals surface area contributed by atoms with Crippen molar-refractivity contribution in [2.45, 2.75) is 6.92 Å². The molecule has 0 aliphatic rings. The largest absolute Gasteiger partial charge is 0.497 e. The molecule has 0 aromatic heterocycles. The van der Waals surface area contributed by atoms with Crippen LogP contribution in [0, 0.1) is 0 Å². The maximum atomic E-state index is 11.9. The fourth-order valence-electron chi connectivity index (χ4n) is 2.51. The second-order valence-corrected chi connectivity index (χ2v) is 6.64. The number of rotatable bonds is 4. The molecule has 0 fully saturated rings. The highest BCUT2D eigenvalue weighted by atomic mass is 35.5. The number of nitrogens with zero attached hydrogens (tertiary/aromatic N) is 1. The SMILES string of the molecule is COc1ccc2cc(/C(C)=N\OC(=O)Nc3cc(Cl)cc(Cl)c3)ccc2c1. The van der Waals surface area contributed by atoms with E-state index in [1.165, 1.54) is 0 Å². The van der Waals surface area contributed by atoms with Crippen LogP contribution < -0.4 is 10.1 Å². The molecule has 0 aliphatic heterocycles. The molecule has 138 valence electrons. The summed E-state index contributed by atoms with van der Waals surface area (Å²) in [5.74, 6) is 0.793. The molecule has 0 atom stereocenters. The molecule has 27 heavy (non-hydrogen) atoms. The van der Waals surface area contributed by atoms with Crippen molar-refractivity contribution in [3.8, 4) is 5.75 Å². The summed E-state index contributed by atoms with van der Waals surface area (Å²) in [6.45, 7) is 1.76. The molecule has 0 unspecified atom stereocenters. The molecule has 0 radical (unpaired) electrons. The van der Waals surface area contributed by atoms with Crippen LogP contribution >= 0.6 is 23.2 Å². The van der Waals surface area contributed by atoms with E-state index in [4.69, 9.17) is 32.8 Å². The quantitative estimate of drug-likeness (QED) is 0.324. The number of hydrogen-bond donors (Lipinski definition) is 1. The van der Waals surface area contributed by atoms with Gasteiger partial charge in [0.2, 0.25) is 0 Å². The highest BCUT2D eigenvalue weighted by Gasteiger charge is 2.07. The van der Waals surface area contributed by atoms with Crippen molar-refractivity contribution in [3.05, 3.63) is 70.2 Å². The van der Waals surface area contributed by atoms with Crippen molar-refractivity contribution in [1.82, 2.24) is 0 Å². The van der Waals surface area contributed by atoms with Gasteiger partial charge in [-0.25, -0.2) is 4.79 Å². The maximum absolute atomic E-state index is 11.9. The topological polar surface area (TPSA) is 59.9 Å². The lowest BCUT2D eigenvalue weighted by atomic mass is 10.0. The van der Waals surface area contributed by atoms with Gasteiger partial charge in [-0.3, -0.25) is 10.2 Å². The number of hydrogen-bond acceptors (Lipinski definition) is 4. The molecule has 3 aromatic carbocycles. The highest BCUT2D eigenvalue weighted by molar-refractivity contribution is 6.35. The summed E-state index contributed by atoms with van der Waals surface area (Å²) in [7, 11) is 1.63. The summed E-state index contributed by atoms with van der Waals surface area (Å²) in [5, 5.41) is 9.30. The number of anilines is 1. The van der Waals surface area contributed by atoms with Gasteiger partial charge >= 0.3 is 6.09 Å². The standard InChI is InChI=1S/C20H16Cl2N2O3/c1-12(13-3-4-15-8-19(26-2)6-5-14(15)7-13)24-27-20(25)23-18-10-16(21)9-17(22)11-18/h3-11H,1-2H3,(H,23,25)/b24-12-. The second-order valence-electron chi connectivity index (χ2n) is 5.77. The van der Waals surface area contributed by atoms with E-state index in [-0.39, 0.29) is 0 Å². The van der Waals surface area contributed by atoms with Crippen LogP contribution in [-0.4, -0.2) is 18.9 Å². The van der Waals surface area contributed by atoms with Gasteiger partial charge in [-0.2, -0.15) is 0 Å². The van der Waals surface area contributed by atoms with Crippen LogP contribution in [0.15, 0.2) is 59.8 Å². The minimum absolute atomic E-state index is 0.408. The number of halogens is 2. The zero-order valence-electron chi connectivity index (χ0n) is 14.6. The van der Waals surface area contributed by atoms with Gasteiger partial charge in [-0.1, -0.05) is 46.6 Å². The normalized spacial score (nSPS) is 11.3. The van der Waals surface area contributed by atoms with Gasteiger partial charge in [0, 0.05) is 15.7 Å². The number of nitrogens with one attached hydrogen (secondary N) is 1. The number of carbonyl (C=O) groups is 1. The summed E-state index contributed by atoms with van der Waals surface area (Å²) in [6, 6.07) is 16.3. The van der Waals surface area contributed by atoms with Crippen molar-refractivity contribution in [2.75, 3.05) is 12.4 Å². The smallest absolute Gasteiger partial charge is 0.437 e. The predicted molar refractivity (Wildman–Crippen MR) is 109 cm³/mol. The third kappa shape index (κ3) is 4.90. The molecule has 0 saturated heterocycles. The molecule has 5 nitrogen and oxygen atoms in total. The Morgan fingerprint density at radius 1 is 0.963 bits per heavy atom. The van der Waals surface area contributed by atoms with Gasteiger partial charge in [0.15, 0.2) is 0 Å². The van der Waals surface area contributed by atoms with Crippen molar-refractivity contribution >= 4 is 51.5 Å². The first-order valence-electron chi connectivity index (χ1n) is 8.01. The van der Waals surface area contributed by atoms with E-state index in [1.54, 1.807) is 32.2 Å². The zero-order chi connectivity index (χ0) is 19.4. The van der Waals surface area contributed by atoms with E-state index in [0.717, 1.165) is 22.1 Å². The molecule has 0 heterocycles. The predicted octanol–water partition coefficient (Wildman–Crippen LogP) is 6.13. The van der Waals surface area contributed by atoms with Crippen LogP contribution in [0.3, 0.4) is 0 Å². The van der Waals surface area contributed by atoms with E-state index >= 15 is 0 Å². The number of ether oxygens (including phenoxy) is 1. The molecular weight excluding hydrogens is 387 g/mol. The Morgan fingerprint density at radius 3 is 2.33 bits per heavy atom. The minimum Gasteiger partial charge on any atom is -0.497 e. The monoisotopic (exact) mass is 402 g/mol. The molecule has 0 spiro atoms. The van der Waals surface area contributed by atoms with Gasteiger partial charge in [-0.05, 0) is 59.7 Å². The van der Waals surface area contributed by atoms with Crippen LogP contribution in [0.2, 0.25) is 10.0 Å². The highest BCUT2D eigenvalue weighted by Crippen LogP contribution is 2.23. The van der Waals surface area contributed by atoms with Crippen molar-refractivity contribution in [3.63, 3.8) is 0 Å². The number of oxime groups is 1. The van der Waals surface area contributed by atoms with Gasteiger partial charge in [-0.15, -0.1) is 0 Å². The summed E-state index contributed by atoms with van der Waals surface area (Å²) in [5.41, 5.74) is 1.82. The number of carbonyl (C=O) groups excluding carboxylic acids is 1. The fraction of sp³-hybridized carbons (Fsp3) is 0.100. The van der Waals surface area contributed by atoms with Crippen LogP contribution in [0.5, 0.6) is 5.75 Å². The Balaban J connectivity index is 1.71. The number of fused-ring (bicyclic) bond motifs is 1. The van der Waals surface area contributed by atoms with E-state index < -0.39 is 6.09 Å². The lowest BCUT2D eigenvalue weighted by Crippen LogP contribution is -2.12. The fourth-order valence-corrected chi connectivity index (χ4v) is 3.03. The van der Waals surface area contributed by atoms with Crippen LogP contribution in [0.4, 0.5) is 10.5 Å². The van der Waals surface area contributed by atoms with Gasteiger partial charge in [0.05, 0.1) is 12.8 Å². The molecule has 0 aliphatic carbocycles. The Labute approximate surface area is 166 Å². The Kier molecular flexibility index (Phi) is 5.84. The van der Waals surface area contributed by atoms with Crippen molar-refractivity contribution in [2.24, 2.45) is 5.16 Å². The number of benzene rings is 3. The lowest BCUT2D eigenvalue weighted by Gasteiger charge is -2.06. The second kappa shape index (κ2) is 8.29. The van der Waals surface area contributed by atoms with E-state index in [0.29, 0.717) is 21.4 Å². The zero-order valence-corrected chi connectivity index (χ0v) is 16.1. The van der Waals surface area contributed by atoms with Crippen LogP contribution in [0.25, 0.3) is 10.8 Å². The number of methoxy groups -OCH3 is 1. The summed E-state index contributed by atoms with van der Waals surface area (Å²) in [6.07, 6.45) is -0.738. The summed E-state index contributed by atoms with van der Waals surface area (Å²) >= 11 is 11.8. The number of amides is 1. The van der Waals surface area contributed by atoms with Crippen molar-refractivity contribution in [1.29, 1.82) is 0 Å². The Bertz CT molecular complexity index is 1010. The first kappa shape index (κ1) is 19.0. The van der Waals surface area contributed by atoms with Crippen LogP contribution in [0.1, 0.15) is 12.5 Å². The van der Waals surface area contributed by atoms with Crippen LogP contribution in [-0.2, 0) is 4.84 Å². The Morgan fingerprint density at radius 2 is 1.63 bits per heavy atom. The molecule has 7 heteroatoms. The third-order valence-electron chi connectivity index (χ3n) is 3.84. The van der Waals surface area contributed by atoms with Gasteiger partial charge in [0.25, 0.3) is 0 Å². The summed E-state index contributed by atoms with van der Waals surface area (Å²) in [4.78, 5) is 16.8. The first-order chi connectivity index (χ1) is 12.9. The first-order valence-corrected chi connectivity index (χ1v) is 8.77. The molecule has 3 aromatic rings. The van der Waals surface area contributed by atoms with Gasteiger partial charge in [0.1, 0.15) is 5.75 Å². The van der Waals surface area contributed by atoms with Crippen molar-refractivity contribution < 1.29 is 14.4 Å². The van der Waals surface area contributed by atoms with E-state index in [9.17, 15) is 4.79 Å². The molecule has 0 saturated carbocycles.